The molecule has 0 fully saturated rings. The number of ether oxygens (including phenoxy) is 2. The van der Waals surface area contributed by atoms with E-state index >= 15 is 0 Å². The third-order valence-corrected chi connectivity index (χ3v) is 2.22. The summed E-state index contributed by atoms with van der Waals surface area (Å²) in [6.07, 6.45) is 0.0517. The van der Waals surface area contributed by atoms with Gasteiger partial charge in [-0.3, -0.25) is 4.79 Å². The number of carbonyl (C=O) groups excluding carboxylic acids is 1. The molecule has 1 amide bonds. The molecule has 18 heavy (non-hydrogen) atoms. The summed E-state index contributed by atoms with van der Waals surface area (Å²) in [4.78, 5) is 11.7. The molecule has 0 aliphatic carbocycles. The van der Waals surface area contributed by atoms with Crippen molar-refractivity contribution in [2.24, 2.45) is 5.73 Å². The first kappa shape index (κ1) is 14.3. The monoisotopic (exact) mass is 252 g/mol. The minimum atomic E-state index is -0.171. The minimum absolute atomic E-state index is 0.0517. The van der Waals surface area contributed by atoms with Crippen LogP contribution in [0.5, 0.6) is 11.5 Å². The smallest absolute Gasteiger partial charge is 0.251 e. The van der Waals surface area contributed by atoms with Gasteiger partial charge in [-0.2, -0.15) is 0 Å². The van der Waals surface area contributed by atoms with E-state index in [0.717, 1.165) is 0 Å². The zero-order valence-corrected chi connectivity index (χ0v) is 11.0. The van der Waals surface area contributed by atoms with Crippen molar-refractivity contribution in [1.82, 2.24) is 5.32 Å². The van der Waals surface area contributed by atoms with E-state index in [0.29, 0.717) is 30.2 Å². The van der Waals surface area contributed by atoms with Crippen LogP contribution in [0.4, 0.5) is 0 Å². The van der Waals surface area contributed by atoms with E-state index < -0.39 is 0 Å². The van der Waals surface area contributed by atoms with Crippen LogP contribution in [-0.4, -0.2) is 32.2 Å². The van der Waals surface area contributed by atoms with Gasteiger partial charge in [-0.05, 0) is 32.0 Å². The van der Waals surface area contributed by atoms with Gasteiger partial charge in [0.05, 0.1) is 13.2 Å². The summed E-state index contributed by atoms with van der Waals surface area (Å²) in [6.45, 7) is 4.73. The first-order valence-electron chi connectivity index (χ1n) is 5.91. The highest BCUT2D eigenvalue weighted by atomic mass is 16.5. The van der Waals surface area contributed by atoms with Gasteiger partial charge < -0.3 is 20.5 Å². The number of nitrogens with two attached hydrogens (primary N) is 1. The summed E-state index contributed by atoms with van der Waals surface area (Å²) in [5.74, 6) is 1.00. The SMILES string of the molecule is COc1cc(C(=O)NCCN)ccc1OC(C)C. The lowest BCUT2D eigenvalue weighted by molar-refractivity contribution is 0.0954. The minimum Gasteiger partial charge on any atom is -0.493 e. The van der Waals surface area contributed by atoms with E-state index in [1.807, 2.05) is 13.8 Å². The van der Waals surface area contributed by atoms with Crippen LogP contribution >= 0.6 is 0 Å². The number of hydrogen-bond acceptors (Lipinski definition) is 4. The summed E-state index contributed by atoms with van der Waals surface area (Å²) >= 11 is 0. The Hall–Kier alpha value is -1.75. The van der Waals surface area contributed by atoms with Crippen LogP contribution in [0.25, 0.3) is 0 Å². The molecule has 0 aromatic heterocycles. The molecule has 1 rings (SSSR count). The maximum Gasteiger partial charge on any atom is 0.251 e. The van der Waals surface area contributed by atoms with Gasteiger partial charge in [0, 0.05) is 18.7 Å². The summed E-state index contributed by atoms with van der Waals surface area (Å²) in [5, 5.41) is 2.70. The van der Waals surface area contributed by atoms with E-state index in [4.69, 9.17) is 15.2 Å². The molecule has 0 aliphatic rings. The van der Waals surface area contributed by atoms with Crippen LogP contribution in [0, 0.1) is 0 Å². The lowest BCUT2D eigenvalue weighted by atomic mass is 10.2. The first-order valence-corrected chi connectivity index (χ1v) is 5.91. The summed E-state index contributed by atoms with van der Waals surface area (Å²) in [6, 6.07) is 5.09. The fourth-order valence-electron chi connectivity index (χ4n) is 1.45. The topological polar surface area (TPSA) is 73.6 Å². The highest BCUT2D eigenvalue weighted by Crippen LogP contribution is 2.28. The molecule has 0 saturated heterocycles. The molecule has 0 unspecified atom stereocenters. The van der Waals surface area contributed by atoms with Crippen molar-refractivity contribution in [3.05, 3.63) is 23.8 Å². The molecule has 1 aromatic rings. The van der Waals surface area contributed by atoms with Gasteiger partial charge in [0.25, 0.3) is 5.91 Å². The van der Waals surface area contributed by atoms with Crippen molar-refractivity contribution in [2.75, 3.05) is 20.2 Å². The van der Waals surface area contributed by atoms with Crippen LogP contribution < -0.4 is 20.5 Å². The highest BCUT2D eigenvalue weighted by molar-refractivity contribution is 5.94. The molecule has 0 aliphatic heterocycles. The van der Waals surface area contributed by atoms with E-state index in [1.54, 1.807) is 25.3 Å². The Balaban J connectivity index is 2.87. The van der Waals surface area contributed by atoms with Crippen molar-refractivity contribution in [2.45, 2.75) is 20.0 Å². The van der Waals surface area contributed by atoms with Gasteiger partial charge in [0.2, 0.25) is 0 Å². The molecule has 0 heterocycles. The molecule has 0 radical (unpaired) electrons. The Morgan fingerprint density at radius 3 is 2.67 bits per heavy atom. The van der Waals surface area contributed by atoms with Crippen molar-refractivity contribution in [3.8, 4) is 11.5 Å². The van der Waals surface area contributed by atoms with Crippen LogP contribution in [-0.2, 0) is 0 Å². The van der Waals surface area contributed by atoms with E-state index in [1.165, 1.54) is 0 Å². The molecule has 5 nitrogen and oxygen atoms in total. The zero-order chi connectivity index (χ0) is 13.5. The molecule has 0 bridgehead atoms. The molecule has 5 heteroatoms. The fraction of sp³-hybridized carbons (Fsp3) is 0.462. The molecule has 100 valence electrons. The van der Waals surface area contributed by atoms with Crippen LogP contribution in [0.3, 0.4) is 0 Å². The van der Waals surface area contributed by atoms with Gasteiger partial charge in [0.1, 0.15) is 0 Å². The summed E-state index contributed by atoms with van der Waals surface area (Å²) in [7, 11) is 1.55. The third-order valence-electron chi connectivity index (χ3n) is 2.22. The third kappa shape index (κ3) is 3.92. The Labute approximate surface area is 107 Å². The number of benzene rings is 1. The van der Waals surface area contributed by atoms with Crippen molar-refractivity contribution in [1.29, 1.82) is 0 Å². The number of rotatable bonds is 6. The van der Waals surface area contributed by atoms with E-state index in [-0.39, 0.29) is 12.0 Å². The summed E-state index contributed by atoms with van der Waals surface area (Å²) < 4.78 is 10.8. The maximum atomic E-state index is 11.7. The van der Waals surface area contributed by atoms with E-state index in [2.05, 4.69) is 5.32 Å². The van der Waals surface area contributed by atoms with Gasteiger partial charge in [-0.15, -0.1) is 0 Å². The number of amides is 1. The van der Waals surface area contributed by atoms with Crippen LogP contribution in [0.15, 0.2) is 18.2 Å². The molecule has 1 aromatic carbocycles. The number of methoxy groups -OCH3 is 1. The highest BCUT2D eigenvalue weighted by Gasteiger charge is 2.11. The van der Waals surface area contributed by atoms with Crippen molar-refractivity contribution >= 4 is 5.91 Å². The standard InChI is InChI=1S/C13H20N2O3/c1-9(2)18-11-5-4-10(8-12(11)17-3)13(16)15-7-6-14/h4-5,8-9H,6-7,14H2,1-3H3,(H,15,16). The zero-order valence-electron chi connectivity index (χ0n) is 11.0. The summed E-state index contributed by atoms with van der Waals surface area (Å²) in [5.41, 5.74) is 5.85. The normalized spacial score (nSPS) is 10.3. The largest absolute Gasteiger partial charge is 0.493 e. The number of nitrogens with one attached hydrogen (secondary N) is 1. The molecular formula is C13H20N2O3. The average molecular weight is 252 g/mol. The Morgan fingerprint density at radius 1 is 1.39 bits per heavy atom. The molecule has 0 saturated carbocycles. The molecule has 0 atom stereocenters. The molecule has 3 N–H and O–H groups in total. The first-order chi connectivity index (χ1) is 8.58. The van der Waals surface area contributed by atoms with Crippen LogP contribution in [0.2, 0.25) is 0 Å². The molecule has 0 spiro atoms. The van der Waals surface area contributed by atoms with Gasteiger partial charge in [-0.1, -0.05) is 0 Å². The second kappa shape index (κ2) is 6.86. The van der Waals surface area contributed by atoms with E-state index in [9.17, 15) is 4.79 Å². The van der Waals surface area contributed by atoms with Crippen molar-refractivity contribution < 1.29 is 14.3 Å². The Morgan fingerprint density at radius 2 is 2.11 bits per heavy atom. The number of carbonyl (C=O) groups is 1. The predicted octanol–water partition coefficient (Wildman–Crippen LogP) is 1.17. The second-order valence-corrected chi connectivity index (χ2v) is 4.08. The van der Waals surface area contributed by atoms with Crippen LogP contribution in [0.1, 0.15) is 24.2 Å². The van der Waals surface area contributed by atoms with Gasteiger partial charge in [-0.25, -0.2) is 0 Å². The second-order valence-electron chi connectivity index (χ2n) is 4.08. The fourth-order valence-corrected chi connectivity index (χ4v) is 1.45. The average Bonchev–Trinajstić information content (AvgIpc) is 2.35. The Bertz CT molecular complexity index is 405. The van der Waals surface area contributed by atoms with Gasteiger partial charge >= 0.3 is 0 Å². The lowest BCUT2D eigenvalue weighted by Crippen LogP contribution is -2.28. The lowest BCUT2D eigenvalue weighted by Gasteiger charge is -2.14. The van der Waals surface area contributed by atoms with Gasteiger partial charge in [0.15, 0.2) is 11.5 Å². The predicted molar refractivity (Wildman–Crippen MR) is 70.1 cm³/mol. The Kier molecular flexibility index (Phi) is 5.45. The number of hydrogen-bond donors (Lipinski definition) is 2. The van der Waals surface area contributed by atoms with Crippen molar-refractivity contribution in [3.63, 3.8) is 0 Å². The molecular weight excluding hydrogens is 232 g/mol. The quantitative estimate of drug-likeness (QED) is 0.797. The maximum absolute atomic E-state index is 11.7.